The van der Waals surface area contributed by atoms with Gasteiger partial charge in [-0.25, -0.2) is 0 Å². The van der Waals surface area contributed by atoms with Gasteiger partial charge in [0.25, 0.3) is 0 Å². The topological polar surface area (TPSA) is 9.23 Å². The van der Waals surface area contributed by atoms with Crippen molar-refractivity contribution in [1.82, 2.24) is 0 Å². The summed E-state index contributed by atoms with van der Waals surface area (Å²) in [7, 11) is 0. The highest BCUT2D eigenvalue weighted by Gasteiger charge is 1.82. The molecule has 2 radical (unpaired) electrons. The van der Waals surface area contributed by atoms with Gasteiger partial charge in [-0.15, -0.1) is 12.4 Å². The smallest absolute Gasteiger partial charge is 0.369 e. The Morgan fingerprint density at radius 2 is 1.89 bits per heavy atom. The van der Waals surface area contributed by atoms with Crippen LogP contribution in [0.3, 0.4) is 0 Å². The van der Waals surface area contributed by atoms with Gasteiger partial charge >= 0.3 is 16.6 Å². The summed E-state index contributed by atoms with van der Waals surface area (Å²) in [6.45, 7) is 3.10. The van der Waals surface area contributed by atoms with Crippen molar-refractivity contribution < 1.29 is 3.79 Å². The molecule has 0 aliphatic rings. The van der Waals surface area contributed by atoms with Crippen molar-refractivity contribution in [2.75, 3.05) is 6.61 Å². The molecule has 9 heavy (non-hydrogen) atoms. The Bertz CT molecular complexity index is 38.0. The predicted octanol–water partition coefficient (Wildman–Crippen LogP) is 2.09. The number of rotatable bonds is 5. The lowest BCUT2D eigenvalue weighted by molar-refractivity contribution is 0.334. The monoisotopic (exact) mass is 164 g/mol. The van der Waals surface area contributed by atoms with Crippen LogP contribution in [0.2, 0.25) is 0 Å². The van der Waals surface area contributed by atoms with Gasteiger partial charge in [0.05, 0.1) is 0 Å². The summed E-state index contributed by atoms with van der Waals surface area (Å²) in [4.78, 5) is 0. The van der Waals surface area contributed by atoms with Gasteiger partial charge in [0.2, 0.25) is 0 Å². The van der Waals surface area contributed by atoms with Crippen molar-refractivity contribution >= 4 is 29.0 Å². The fourth-order valence-electron chi connectivity index (χ4n) is 0.612. The van der Waals surface area contributed by atoms with E-state index in [1.54, 1.807) is 0 Å². The van der Waals surface area contributed by atoms with Crippen LogP contribution in [0.1, 0.15) is 32.6 Å². The third-order valence-corrected chi connectivity index (χ3v) is 1.35. The van der Waals surface area contributed by atoms with E-state index in [1.165, 1.54) is 25.7 Å². The van der Waals surface area contributed by atoms with Crippen molar-refractivity contribution in [2.24, 2.45) is 0 Å². The molecule has 0 heterocycles. The number of unbranched alkanes of at least 4 members (excludes halogenated alkanes) is 3. The van der Waals surface area contributed by atoms with Crippen molar-refractivity contribution in [3.8, 4) is 0 Å². The second-order valence-electron chi connectivity index (χ2n) is 1.93. The van der Waals surface area contributed by atoms with E-state index < -0.39 is 0 Å². The molecule has 0 aromatic rings. The fraction of sp³-hybridized carbons (Fsp3) is 1.00. The minimum Gasteiger partial charge on any atom is -0.516 e. The average Bonchev–Trinajstić information content (AvgIpc) is 1.81. The molecule has 0 unspecified atom stereocenters. The van der Waals surface area contributed by atoms with Crippen LogP contribution in [-0.2, 0) is 3.79 Å². The Balaban J connectivity index is 0. The Morgan fingerprint density at radius 1 is 1.22 bits per heavy atom. The van der Waals surface area contributed by atoms with Gasteiger partial charge in [-0.1, -0.05) is 26.2 Å². The molecule has 54 valence electrons. The van der Waals surface area contributed by atoms with Crippen LogP contribution in [0.15, 0.2) is 0 Å². The van der Waals surface area contributed by atoms with E-state index in [0.29, 0.717) is 0 Å². The number of hydrogen-bond acceptors (Lipinski definition) is 1. The third kappa shape index (κ3) is 12.1. The molecule has 0 aromatic heterocycles. The Morgan fingerprint density at radius 3 is 2.33 bits per heavy atom. The molecule has 0 aliphatic heterocycles. The quantitative estimate of drug-likeness (QED) is 0.447. The first-order chi connectivity index (χ1) is 3.91. The van der Waals surface area contributed by atoms with Crippen LogP contribution in [-0.4, -0.2) is 23.2 Å². The van der Waals surface area contributed by atoms with Crippen molar-refractivity contribution in [1.29, 1.82) is 0 Å². The van der Waals surface area contributed by atoms with E-state index in [0.717, 1.165) is 6.61 Å². The SMILES string of the molecule is CCCCCC[O][Al].Cl. The summed E-state index contributed by atoms with van der Waals surface area (Å²) in [6.07, 6.45) is 5.16. The summed E-state index contributed by atoms with van der Waals surface area (Å²) < 4.78 is 4.81. The zero-order chi connectivity index (χ0) is 6.24. The summed E-state index contributed by atoms with van der Waals surface area (Å²) in [5, 5.41) is 0. The highest BCUT2D eigenvalue weighted by molar-refractivity contribution is 5.97. The molecule has 0 spiro atoms. The summed E-state index contributed by atoms with van der Waals surface area (Å²) in [5.74, 6) is 0. The third-order valence-electron chi connectivity index (χ3n) is 1.12. The fourth-order valence-corrected chi connectivity index (χ4v) is 0.779. The second kappa shape index (κ2) is 11.6. The largest absolute Gasteiger partial charge is 0.516 e. The van der Waals surface area contributed by atoms with E-state index in [1.807, 2.05) is 0 Å². The molecule has 3 heteroatoms. The molecular formula is C6H14AlClO. The molecule has 0 rings (SSSR count). The molecule has 0 fully saturated rings. The lowest BCUT2D eigenvalue weighted by Gasteiger charge is -1.96. The highest BCUT2D eigenvalue weighted by atomic mass is 35.5. The van der Waals surface area contributed by atoms with E-state index >= 15 is 0 Å². The lowest BCUT2D eigenvalue weighted by atomic mass is 10.2. The Hall–Kier alpha value is 0.782. The van der Waals surface area contributed by atoms with E-state index in [2.05, 4.69) is 23.5 Å². The maximum atomic E-state index is 4.81. The van der Waals surface area contributed by atoms with Crippen LogP contribution in [0.5, 0.6) is 0 Å². The number of halogens is 1. The first-order valence-electron chi connectivity index (χ1n) is 3.23. The standard InChI is InChI=1S/C6H13O.Al.ClH/c1-2-3-4-5-6-7;;/h2-6H2,1H3;;1H/q-1;+1;. The predicted molar refractivity (Wildman–Crippen MR) is 43.1 cm³/mol. The van der Waals surface area contributed by atoms with E-state index in [-0.39, 0.29) is 12.4 Å². The van der Waals surface area contributed by atoms with Crippen LogP contribution < -0.4 is 0 Å². The normalized spacial score (nSPS) is 8.56. The Labute approximate surface area is 72.3 Å². The van der Waals surface area contributed by atoms with Gasteiger partial charge in [0, 0.05) is 6.61 Å². The first kappa shape index (κ1) is 12.5. The van der Waals surface area contributed by atoms with Gasteiger partial charge in [-0.3, -0.25) is 0 Å². The molecule has 0 saturated heterocycles. The summed E-state index contributed by atoms with van der Waals surface area (Å²) >= 11 is 2.27. The molecular weight excluding hydrogens is 150 g/mol. The molecule has 0 bridgehead atoms. The van der Waals surface area contributed by atoms with Crippen LogP contribution in [0, 0.1) is 0 Å². The lowest BCUT2D eigenvalue weighted by Crippen LogP contribution is -1.88. The zero-order valence-electron chi connectivity index (χ0n) is 5.93. The molecule has 0 amide bonds. The minimum atomic E-state index is 0. The highest BCUT2D eigenvalue weighted by Crippen LogP contribution is 1.97. The van der Waals surface area contributed by atoms with Crippen molar-refractivity contribution in [2.45, 2.75) is 32.6 Å². The maximum Gasteiger partial charge on any atom is 0.369 e. The van der Waals surface area contributed by atoms with E-state index in [9.17, 15) is 0 Å². The molecule has 0 saturated carbocycles. The molecule has 0 aliphatic carbocycles. The summed E-state index contributed by atoms with van der Waals surface area (Å²) in [5.41, 5.74) is 0. The zero-order valence-corrected chi connectivity index (χ0v) is 7.90. The average molecular weight is 165 g/mol. The van der Waals surface area contributed by atoms with E-state index in [4.69, 9.17) is 3.79 Å². The maximum absolute atomic E-state index is 4.81. The van der Waals surface area contributed by atoms with Crippen molar-refractivity contribution in [3.63, 3.8) is 0 Å². The van der Waals surface area contributed by atoms with Gasteiger partial charge in [0.1, 0.15) is 0 Å². The van der Waals surface area contributed by atoms with Gasteiger partial charge in [-0.05, 0) is 6.42 Å². The minimum absolute atomic E-state index is 0. The Kier molecular flexibility index (Phi) is 16.0. The van der Waals surface area contributed by atoms with Crippen molar-refractivity contribution in [3.05, 3.63) is 0 Å². The molecule has 0 N–H and O–H groups in total. The molecule has 1 nitrogen and oxygen atoms in total. The van der Waals surface area contributed by atoms with Gasteiger partial charge < -0.3 is 3.79 Å². The van der Waals surface area contributed by atoms with Crippen LogP contribution in [0.25, 0.3) is 0 Å². The van der Waals surface area contributed by atoms with Gasteiger partial charge in [-0.2, -0.15) is 0 Å². The molecule has 0 aromatic carbocycles. The number of hydrogen-bond donors (Lipinski definition) is 0. The van der Waals surface area contributed by atoms with Gasteiger partial charge in [0.15, 0.2) is 0 Å². The van der Waals surface area contributed by atoms with Crippen LogP contribution >= 0.6 is 12.4 Å². The second-order valence-corrected chi connectivity index (χ2v) is 2.26. The molecule has 0 atom stereocenters. The first-order valence-corrected chi connectivity index (χ1v) is 3.70. The van der Waals surface area contributed by atoms with Crippen LogP contribution in [0.4, 0.5) is 0 Å². The summed E-state index contributed by atoms with van der Waals surface area (Å²) in [6, 6.07) is 0.